The standard InChI is InChI=1S/C14H30N4/c1-15-6-7-16-14-5-10-18(12-14)11-13-3-8-17(2)9-4-13/h13-16H,3-12H2,1-2H3. The maximum Gasteiger partial charge on any atom is 0.0207 e. The molecular formula is C14H30N4. The molecule has 1 unspecified atom stereocenters. The third kappa shape index (κ3) is 4.50. The van der Waals surface area contributed by atoms with Crippen LogP contribution in [0.2, 0.25) is 0 Å². The summed E-state index contributed by atoms with van der Waals surface area (Å²) in [5, 5.41) is 6.84. The molecule has 4 nitrogen and oxygen atoms in total. The first-order valence-electron chi connectivity index (χ1n) is 7.57. The van der Waals surface area contributed by atoms with Gasteiger partial charge in [-0.2, -0.15) is 0 Å². The van der Waals surface area contributed by atoms with Gasteiger partial charge in [0.1, 0.15) is 0 Å². The summed E-state index contributed by atoms with van der Waals surface area (Å²) in [7, 11) is 4.26. The van der Waals surface area contributed by atoms with E-state index >= 15 is 0 Å². The largest absolute Gasteiger partial charge is 0.318 e. The Bertz CT molecular complexity index is 226. The number of hydrogen-bond donors (Lipinski definition) is 2. The second kappa shape index (κ2) is 7.43. The zero-order chi connectivity index (χ0) is 12.8. The molecule has 0 bridgehead atoms. The van der Waals surface area contributed by atoms with Crippen molar-refractivity contribution in [1.82, 2.24) is 20.4 Å². The fourth-order valence-corrected chi connectivity index (χ4v) is 3.18. The van der Waals surface area contributed by atoms with E-state index in [-0.39, 0.29) is 0 Å². The quantitative estimate of drug-likeness (QED) is 0.664. The SMILES string of the molecule is CNCCNC1CCN(CC2CCN(C)CC2)C1. The summed E-state index contributed by atoms with van der Waals surface area (Å²) < 4.78 is 0. The van der Waals surface area contributed by atoms with Gasteiger partial charge in [-0.25, -0.2) is 0 Å². The van der Waals surface area contributed by atoms with Gasteiger partial charge in [-0.3, -0.25) is 0 Å². The highest BCUT2D eigenvalue weighted by Gasteiger charge is 2.25. The fraction of sp³-hybridized carbons (Fsp3) is 1.00. The van der Waals surface area contributed by atoms with Crippen LogP contribution in [0.25, 0.3) is 0 Å². The topological polar surface area (TPSA) is 30.5 Å². The van der Waals surface area contributed by atoms with Crippen LogP contribution in [-0.4, -0.2) is 75.8 Å². The van der Waals surface area contributed by atoms with E-state index in [0.29, 0.717) is 0 Å². The minimum atomic E-state index is 0.726. The van der Waals surface area contributed by atoms with Crippen LogP contribution >= 0.6 is 0 Å². The summed E-state index contributed by atoms with van der Waals surface area (Å²) >= 11 is 0. The van der Waals surface area contributed by atoms with E-state index in [2.05, 4.69) is 27.5 Å². The third-order valence-corrected chi connectivity index (χ3v) is 4.43. The molecule has 0 saturated carbocycles. The summed E-state index contributed by atoms with van der Waals surface area (Å²) in [6.07, 6.45) is 4.12. The van der Waals surface area contributed by atoms with Crippen molar-refractivity contribution < 1.29 is 0 Å². The van der Waals surface area contributed by atoms with Crippen LogP contribution in [0.5, 0.6) is 0 Å². The van der Waals surface area contributed by atoms with Crippen LogP contribution in [0.4, 0.5) is 0 Å². The van der Waals surface area contributed by atoms with Gasteiger partial charge in [-0.1, -0.05) is 0 Å². The molecular weight excluding hydrogens is 224 g/mol. The molecule has 2 aliphatic heterocycles. The molecule has 1 atom stereocenters. The number of nitrogens with one attached hydrogen (secondary N) is 2. The average Bonchev–Trinajstić information content (AvgIpc) is 2.80. The first-order valence-corrected chi connectivity index (χ1v) is 7.57. The van der Waals surface area contributed by atoms with Crippen molar-refractivity contribution in [2.45, 2.75) is 25.3 Å². The normalized spacial score (nSPS) is 28.0. The number of hydrogen-bond acceptors (Lipinski definition) is 4. The molecule has 2 heterocycles. The zero-order valence-electron chi connectivity index (χ0n) is 12.1. The highest BCUT2D eigenvalue weighted by atomic mass is 15.2. The Balaban J connectivity index is 1.60. The van der Waals surface area contributed by atoms with Gasteiger partial charge in [-0.05, 0) is 58.9 Å². The van der Waals surface area contributed by atoms with Crippen molar-refractivity contribution in [3.8, 4) is 0 Å². The van der Waals surface area contributed by atoms with E-state index in [4.69, 9.17) is 0 Å². The summed E-state index contributed by atoms with van der Waals surface area (Å²) in [4.78, 5) is 5.13. The van der Waals surface area contributed by atoms with Crippen LogP contribution in [0.15, 0.2) is 0 Å². The number of nitrogens with zero attached hydrogens (tertiary/aromatic N) is 2. The molecule has 18 heavy (non-hydrogen) atoms. The van der Waals surface area contributed by atoms with Crippen LogP contribution in [0, 0.1) is 5.92 Å². The Hall–Kier alpha value is -0.160. The van der Waals surface area contributed by atoms with Crippen molar-refractivity contribution in [1.29, 1.82) is 0 Å². The van der Waals surface area contributed by atoms with E-state index in [1.807, 2.05) is 7.05 Å². The molecule has 4 heteroatoms. The van der Waals surface area contributed by atoms with Gasteiger partial charge in [-0.15, -0.1) is 0 Å². The summed E-state index contributed by atoms with van der Waals surface area (Å²) in [6, 6.07) is 0.726. The molecule has 0 aromatic rings. The van der Waals surface area contributed by atoms with Gasteiger partial charge in [0.05, 0.1) is 0 Å². The predicted octanol–water partition coefficient (Wildman–Crippen LogP) is 0.212. The van der Waals surface area contributed by atoms with Gasteiger partial charge in [0, 0.05) is 32.2 Å². The molecule has 0 spiro atoms. The lowest BCUT2D eigenvalue weighted by molar-refractivity contribution is 0.174. The van der Waals surface area contributed by atoms with E-state index in [1.165, 1.54) is 52.0 Å². The van der Waals surface area contributed by atoms with Crippen LogP contribution in [0.3, 0.4) is 0 Å². The molecule has 106 valence electrons. The van der Waals surface area contributed by atoms with Gasteiger partial charge in [0.2, 0.25) is 0 Å². The van der Waals surface area contributed by atoms with Crippen LogP contribution in [0.1, 0.15) is 19.3 Å². The Labute approximate surface area is 112 Å². The molecule has 2 saturated heterocycles. The Morgan fingerprint density at radius 2 is 1.83 bits per heavy atom. The molecule has 2 aliphatic rings. The molecule has 0 aromatic carbocycles. The summed E-state index contributed by atoms with van der Waals surface area (Å²) in [5.74, 6) is 0.942. The fourth-order valence-electron chi connectivity index (χ4n) is 3.18. The molecule has 0 aromatic heterocycles. The van der Waals surface area contributed by atoms with Crippen LogP contribution < -0.4 is 10.6 Å². The first kappa shape index (κ1) is 14.3. The van der Waals surface area contributed by atoms with Crippen molar-refractivity contribution in [2.24, 2.45) is 5.92 Å². The molecule has 2 N–H and O–H groups in total. The minimum Gasteiger partial charge on any atom is -0.318 e. The Morgan fingerprint density at radius 1 is 1.06 bits per heavy atom. The average molecular weight is 254 g/mol. The number of piperidine rings is 1. The molecule has 0 amide bonds. The highest BCUT2D eigenvalue weighted by Crippen LogP contribution is 2.19. The zero-order valence-corrected chi connectivity index (χ0v) is 12.1. The predicted molar refractivity (Wildman–Crippen MR) is 77.0 cm³/mol. The molecule has 2 rings (SSSR count). The van der Waals surface area contributed by atoms with Gasteiger partial charge in [0.15, 0.2) is 0 Å². The van der Waals surface area contributed by atoms with E-state index < -0.39 is 0 Å². The summed E-state index contributed by atoms with van der Waals surface area (Å²) in [5.41, 5.74) is 0. The van der Waals surface area contributed by atoms with Crippen molar-refractivity contribution in [3.63, 3.8) is 0 Å². The second-order valence-corrected chi connectivity index (χ2v) is 6.05. The third-order valence-electron chi connectivity index (χ3n) is 4.43. The Kier molecular flexibility index (Phi) is 5.89. The highest BCUT2D eigenvalue weighted by molar-refractivity contribution is 4.83. The van der Waals surface area contributed by atoms with Gasteiger partial charge >= 0.3 is 0 Å². The monoisotopic (exact) mass is 254 g/mol. The number of likely N-dealkylation sites (tertiary alicyclic amines) is 2. The first-order chi connectivity index (χ1) is 8.78. The lowest BCUT2D eigenvalue weighted by atomic mass is 9.97. The molecule has 2 fully saturated rings. The molecule has 0 aliphatic carbocycles. The van der Waals surface area contributed by atoms with E-state index in [9.17, 15) is 0 Å². The molecule has 0 radical (unpaired) electrons. The van der Waals surface area contributed by atoms with E-state index in [0.717, 1.165) is 25.0 Å². The van der Waals surface area contributed by atoms with Crippen molar-refractivity contribution >= 4 is 0 Å². The van der Waals surface area contributed by atoms with Gasteiger partial charge in [0.25, 0.3) is 0 Å². The van der Waals surface area contributed by atoms with Crippen LogP contribution in [-0.2, 0) is 0 Å². The van der Waals surface area contributed by atoms with Crippen molar-refractivity contribution in [2.75, 3.05) is 59.9 Å². The Morgan fingerprint density at radius 3 is 2.56 bits per heavy atom. The van der Waals surface area contributed by atoms with E-state index in [1.54, 1.807) is 0 Å². The lowest BCUT2D eigenvalue weighted by Gasteiger charge is -2.31. The summed E-state index contributed by atoms with van der Waals surface area (Å²) in [6.45, 7) is 8.65. The van der Waals surface area contributed by atoms with Gasteiger partial charge < -0.3 is 20.4 Å². The lowest BCUT2D eigenvalue weighted by Crippen LogP contribution is -2.39. The second-order valence-electron chi connectivity index (χ2n) is 6.05. The maximum atomic E-state index is 3.64. The smallest absolute Gasteiger partial charge is 0.0207 e. The number of likely N-dealkylation sites (N-methyl/N-ethyl adjacent to an activating group) is 1. The van der Waals surface area contributed by atoms with Crippen molar-refractivity contribution in [3.05, 3.63) is 0 Å². The number of rotatable bonds is 6. The maximum absolute atomic E-state index is 3.64. The minimum absolute atomic E-state index is 0.726.